The number of ketones is 1. The average Bonchev–Trinajstić information content (AvgIpc) is 3.07. The van der Waals surface area contributed by atoms with Gasteiger partial charge in [0.15, 0.2) is 0 Å². The number of Topliss-reactive ketones (excluding diaryl/α,β-unsaturated/α-hetero) is 1. The van der Waals surface area contributed by atoms with Gasteiger partial charge in [0, 0.05) is 12.1 Å². The van der Waals surface area contributed by atoms with Crippen molar-refractivity contribution in [2.45, 2.75) is 13.0 Å². The Morgan fingerprint density at radius 1 is 1.06 bits per heavy atom. The van der Waals surface area contributed by atoms with Crippen molar-refractivity contribution < 1.29 is 34.0 Å². The Morgan fingerprint density at radius 3 is 2.47 bits per heavy atom. The summed E-state index contributed by atoms with van der Waals surface area (Å²) in [6.45, 7) is 2.61. The van der Waals surface area contributed by atoms with E-state index in [4.69, 9.17) is 19.3 Å². The molecule has 3 rings (SSSR count). The van der Waals surface area contributed by atoms with Crippen LogP contribution in [0.4, 0.5) is 0 Å². The second-order valence-electron chi connectivity index (χ2n) is 7.06. The van der Waals surface area contributed by atoms with Gasteiger partial charge in [0.05, 0.1) is 45.2 Å². The third-order valence-electron chi connectivity index (χ3n) is 5.10. The summed E-state index contributed by atoms with van der Waals surface area (Å²) in [4.78, 5) is 27.2. The summed E-state index contributed by atoms with van der Waals surface area (Å²) >= 11 is 0. The number of aliphatic hydroxyl groups is 2. The Balaban J connectivity index is 2.05. The van der Waals surface area contributed by atoms with E-state index in [1.165, 1.54) is 12.0 Å². The normalized spacial score (nSPS) is 17.6. The van der Waals surface area contributed by atoms with Crippen molar-refractivity contribution in [3.05, 3.63) is 65.2 Å². The van der Waals surface area contributed by atoms with Crippen LogP contribution in [-0.4, -0.2) is 66.9 Å². The fourth-order valence-corrected chi connectivity index (χ4v) is 3.63. The van der Waals surface area contributed by atoms with E-state index in [0.29, 0.717) is 29.2 Å². The molecule has 32 heavy (non-hydrogen) atoms. The minimum atomic E-state index is -0.811. The van der Waals surface area contributed by atoms with E-state index in [2.05, 4.69) is 0 Å². The SMILES string of the molecule is CCOc1ccc(C(O)=C2C(=O)C(=O)N(CCOCCO)[C@@H]2c2cccc(OC)c2)cc1. The van der Waals surface area contributed by atoms with Crippen LogP contribution in [0.5, 0.6) is 11.5 Å². The average molecular weight is 441 g/mol. The van der Waals surface area contributed by atoms with Gasteiger partial charge >= 0.3 is 0 Å². The number of ether oxygens (including phenoxy) is 3. The van der Waals surface area contributed by atoms with Gasteiger partial charge in [-0.25, -0.2) is 0 Å². The second kappa shape index (κ2) is 10.8. The van der Waals surface area contributed by atoms with Crippen molar-refractivity contribution in [1.29, 1.82) is 0 Å². The van der Waals surface area contributed by atoms with Crippen LogP contribution in [0.3, 0.4) is 0 Å². The molecule has 0 spiro atoms. The smallest absolute Gasteiger partial charge is 0.295 e. The van der Waals surface area contributed by atoms with Gasteiger partial charge in [-0.05, 0) is 48.9 Å². The molecule has 1 fully saturated rings. The molecular weight excluding hydrogens is 414 g/mol. The number of hydrogen-bond donors (Lipinski definition) is 2. The molecule has 8 heteroatoms. The minimum absolute atomic E-state index is 0.00503. The van der Waals surface area contributed by atoms with Crippen molar-refractivity contribution in [2.24, 2.45) is 0 Å². The summed E-state index contributed by atoms with van der Waals surface area (Å²) in [5.74, 6) is -0.567. The highest BCUT2D eigenvalue weighted by Crippen LogP contribution is 2.40. The molecule has 2 aromatic carbocycles. The molecule has 0 bridgehead atoms. The topological polar surface area (TPSA) is 106 Å². The van der Waals surface area contributed by atoms with Crippen LogP contribution < -0.4 is 9.47 Å². The fraction of sp³-hybridized carbons (Fsp3) is 0.333. The van der Waals surface area contributed by atoms with Crippen LogP contribution in [0.15, 0.2) is 54.1 Å². The highest BCUT2D eigenvalue weighted by atomic mass is 16.5. The lowest BCUT2D eigenvalue weighted by Crippen LogP contribution is -2.33. The van der Waals surface area contributed by atoms with Crippen molar-refractivity contribution >= 4 is 17.4 Å². The number of hydrogen-bond acceptors (Lipinski definition) is 7. The quantitative estimate of drug-likeness (QED) is 0.253. The Bertz CT molecular complexity index is 984. The van der Waals surface area contributed by atoms with Gasteiger partial charge in [-0.2, -0.15) is 0 Å². The molecule has 0 saturated carbocycles. The number of aliphatic hydroxyl groups excluding tert-OH is 2. The summed E-state index contributed by atoms with van der Waals surface area (Å²) in [6.07, 6.45) is 0. The maximum atomic E-state index is 13.0. The van der Waals surface area contributed by atoms with Crippen LogP contribution in [-0.2, 0) is 14.3 Å². The molecule has 1 amide bonds. The van der Waals surface area contributed by atoms with Crippen LogP contribution >= 0.6 is 0 Å². The van der Waals surface area contributed by atoms with Gasteiger partial charge in [0.2, 0.25) is 0 Å². The van der Waals surface area contributed by atoms with Gasteiger partial charge in [0.25, 0.3) is 11.7 Å². The van der Waals surface area contributed by atoms with Crippen LogP contribution in [0.25, 0.3) is 5.76 Å². The molecule has 1 heterocycles. The van der Waals surface area contributed by atoms with Crippen molar-refractivity contribution in [3.8, 4) is 11.5 Å². The number of benzene rings is 2. The minimum Gasteiger partial charge on any atom is -0.507 e. The maximum absolute atomic E-state index is 13.0. The molecule has 2 aromatic rings. The number of likely N-dealkylation sites (tertiary alicyclic amines) is 1. The van der Waals surface area contributed by atoms with E-state index in [9.17, 15) is 14.7 Å². The van der Waals surface area contributed by atoms with E-state index in [0.717, 1.165) is 0 Å². The Hall–Kier alpha value is -3.36. The zero-order valence-electron chi connectivity index (χ0n) is 18.1. The monoisotopic (exact) mass is 441 g/mol. The van der Waals surface area contributed by atoms with Gasteiger partial charge in [-0.3, -0.25) is 9.59 Å². The summed E-state index contributed by atoms with van der Waals surface area (Å²) in [6, 6.07) is 12.9. The van der Waals surface area contributed by atoms with Crippen molar-refractivity contribution in [3.63, 3.8) is 0 Å². The molecule has 0 radical (unpaired) electrons. The van der Waals surface area contributed by atoms with E-state index in [1.54, 1.807) is 48.5 Å². The molecule has 8 nitrogen and oxygen atoms in total. The fourth-order valence-electron chi connectivity index (χ4n) is 3.63. The Labute approximate surface area is 186 Å². The number of rotatable bonds is 10. The molecule has 1 atom stereocenters. The summed E-state index contributed by atoms with van der Waals surface area (Å²) in [5, 5.41) is 20.0. The van der Waals surface area contributed by atoms with E-state index >= 15 is 0 Å². The molecule has 0 aliphatic carbocycles. The van der Waals surface area contributed by atoms with Crippen molar-refractivity contribution in [2.75, 3.05) is 40.1 Å². The molecule has 1 saturated heterocycles. The third kappa shape index (κ3) is 4.92. The number of carbonyl (C=O) groups excluding carboxylic acids is 2. The largest absolute Gasteiger partial charge is 0.507 e. The molecule has 0 unspecified atom stereocenters. The molecule has 170 valence electrons. The Kier molecular flexibility index (Phi) is 7.86. The summed E-state index contributed by atoms with van der Waals surface area (Å²) < 4.78 is 16.0. The molecule has 1 aliphatic heterocycles. The zero-order chi connectivity index (χ0) is 23.1. The predicted molar refractivity (Wildman–Crippen MR) is 118 cm³/mol. The number of carbonyl (C=O) groups is 2. The van der Waals surface area contributed by atoms with Gasteiger partial charge in [0.1, 0.15) is 17.3 Å². The lowest BCUT2D eigenvalue weighted by molar-refractivity contribution is -0.140. The van der Waals surface area contributed by atoms with Crippen LogP contribution in [0.2, 0.25) is 0 Å². The third-order valence-corrected chi connectivity index (χ3v) is 5.10. The lowest BCUT2D eigenvalue weighted by Gasteiger charge is -2.25. The first-order valence-electron chi connectivity index (χ1n) is 10.4. The number of amides is 1. The summed E-state index contributed by atoms with van der Waals surface area (Å²) in [7, 11) is 1.53. The molecular formula is C24H27NO7. The molecule has 2 N–H and O–H groups in total. The highest BCUT2D eigenvalue weighted by Gasteiger charge is 2.46. The van der Waals surface area contributed by atoms with Crippen LogP contribution in [0, 0.1) is 0 Å². The predicted octanol–water partition coefficient (Wildman–Crippen LogP) is 2.52. The second-order valence-corrected chi connectivity index (χ2v) is 7.06. The number of nitrogens with zero attached hydrogens (tertiary/aromatic N) is 1. The first-order valence-corrected chi connectivity index (χ1v) is 10.4. The van der Waals surface area contributed by atoms with Crippen molar-refractivity contribution in [1.82, 2.24) is 4.90 Å². The van der Waals surface area contributed by atoms with Gasteiger partial charge in [-0.15, -0.1) is 0 Å². The van der Waals surface area contributed by atoms with E-state index in [1.807, 2.05) is 6.92 Å². The van der Waals surface area contributed by atoms with Gasteiger partial charge < -0.3 is 29.3 Å². The Morgan fingerprint density at radius 2 is 1.81 bits per heavy atom. The standard InChI is InChI=1S/C24H27NO7/c1-3-32-18-9-7-16(8-10-18)22(27)20-21(17-5-4-6-19(15-17)30-2)25(24(29)23(20)28)11-13-31-14-12-26/h4-10,15,21,26-27H,3,11-14H2,1-2H3/t21-/m1/s1. The highest BCUT2D eigenvalue weighted by molar-refractivity contribution is 6.46. The number of methoxy groups -OCH3 is 1. The van der Waals surface area contributed by atoms with Crippen LogP contribution in [0.1, 0.15) is 24.1 Å². The lowest BCUT2D eigenvalue weighted by atomic mass is 9.95. The zero-order valence-corrected chi connectivity index (χ0v) is 18.1. The first kappa shape index (κ1) is 23.3. The van der Waals surface area contributed by atoms with Gasteiger partial charge in [-0.1, -0.05) is 12.1 Å². The summed E-state index contributed by atoms with van der Waals surface area (Å²) in [5.41, 5.74) is 1.02. The van der Waals surface area contributed by atoms with E-state index < -0.39 is 17.7 Å². The molecule has 1 aliphatic rings. The van der Waals surface area contributed by atoms with E-state index in [-0.39, 0.29) is 37.7 Å². The first-order chi connectivity index (χ1) is 15.5. The molecule has 0 aromatic heterocycles. The maximum Gasteiger partial charge on any atom is 0.295 e.